The van der Waals surface area contributed by atoms with E-state index in [1.807, 2.05) is 6.92 Å². The summed E-state index contributed by atoms with van der Waals surface area (Å²) in [5.74, 6) is -1.67. The van der Waals surface area contributed by atoms with Crippen LogP contribution in [0.2, 0.25) is 0 Å². The molecule has 0 fully saturated rings. The Hall–Kier alpha value is -3.42. The number of esters is 1. The van der Waals surface area contributed by atoms with Crippen LogP contribution in [0.15, 0.2) is 42.5 Å². The van der Waals surface area contributed by atoms with Gasteiger partial charge in [0.1, 0.15) is 18.1 Å². The van der Waals surface area contributed by atoms with Crippen LogP contribution in [0, 0.1) is 12.7 Å². The molecule has 2 N–H and O–H groups in total. The number of carbonyl (C=O) groups excluding carboxylic acids is 3. The molecule has 2 aromatic carbocycles. The van der Waals surface area contributed by atoms with Crippen LogP contribution in [-0.4, -0.2) is 37.0 Å². The lowest BCUT2D eigenvalue weighted by Gasteiger charge is -2.14. The number of rotatable bonds is 8. The maximum Gasteiger partial charge on any atom is 0.326 e. The maximum atomic E-state index is 13.5. The van der Waals surface area contributed by atoms with Crippen LogP contribution in [0.5, 0.6) is 5.75 Å². The van der Waals surface area contributed by atoms with E-state index in [4.69, 9.17) is 9.47 Å². The highest BCUT2D eigenvalue weighted by atomic mass is 19.1. The van der Waals surface area contributed by atoms with E-state index in [2.05, 4.69) is 10.6 Å². The molecular weight excluding hydrogens is 379 g/mol. The van der Waals surface area contributed by atoms with Crippen molar-refractivity contribution in [3.05, 3.63) is 59.4 Å². The average molecular weight is 402 g/mol. The smallest absolute Gasteiger partial charge is 0.326 e. The molecular formula is C21H23FN2O5. The van der Waals surface area contributed by atoms with Crippen molar-refractivity contribution < 1.29 is 28.2 Å². The molecule has 0 bridgehead atoms. The van der Waals surface area contributed by atoms with Gasteiger partial charge < -0.3 is 20.1 Å². The van der Waals surface area contributed by atoms with Gasteiger partial charge in [-0.2, -0.15) is 0 Å². The van der Waals surface area contributed by atoms with Gasteiger partial charge >= 0.3 is 5.97 Å². The minimum Gasteiger partial charge on any atom is -0.494 e. The summed E-state index contributed by atoms with van der Waals surface area (Å²) in [5, 5.41) is 4.89. The van der Waals surface area contributed by atoms with Crippen LogP contribution in [0.4, 0.5) is 10.1 Å². The lowest BCUT2D eigenvalue weighted by molar-refractivity contribution is -0.152. The fourth-order valence-corrected chi connectivity index (χ4v) is 2.33. The van der Waals surface area contributed by atoms with Gasteiger partial charge in [0, 0.05) is 11.3 Å². The molecule has 2 aromatic rings. The van der Waals surface area contributed by atoms with Gasteiger partial charge in [0.25, 0.3) is 11.8 Å². The van der Waals surface area contributed by atoms with E-state index < -0.39 is 36.2 Å². The summed E-state index contributed by atoms with van der Waals surface area (Å²) >= 11 is 0. The first-order valence-electron chi connectivity index (χ1n) is 9.07. The van der Waals surface area contributed by atoms with Crippen molar-refractivity contribution in [3.63, 3.8) is 0 Å². The molecule has 0 saturated carbocycles. The predicted molar refractivity (Wildman–Crippen MR) is 105 cm³/mol. The Morgan fingerprint density at radius 3 is 2.41 bits per heavy atom. The van der Waals surface area contributed by atoms with Gasteiger partial charge in [0.2, 0.25) is 0 Å². The minimum absolute atomic E-state index is 0.254. The molecule has 0 spiro atoms. The van der Waals surface area contributed by atoms with Crippen LogP contribution in [0.25, 0.3) is 0 Å². The lowest BCUT2D eigenvalue weighted by atomic mass is 10.2. The van der Waals surface area contributed by atoms with Crippen molar-refractivity contribution in [2.75, 3.05) is 18.5 Å². The highest BCUT2D eigenvalue weighted by Gasteiger charge is 2.19. The summed E-state index contributed by atoms with van der Waals surface area (Å²) in [4.78, 5) is 36.0. The van der Waals surface area contributed by atoms with E-state index >= 15 is 0 Å². The molecule has 0 heterocycles. The van der Waals surface area contributed by atoms with Crippen molar-refractivity contribution in [1.29, 1.82) is 0 Å². The Bertz CT molecular complexity index is 883. The maximum absolute atomic E-state index is 13.5. The van der Waals surface area contributed by atoms with Crippen molar-refractivity contribution >= 4 is 23.5 Å². The zero-order valence-electron chi connectivity index (χ0n) is 16.5. The van der Waals surface area contributed by atoms with E-state index in [-0.39, 0.29) is 5.69 Å². The first-order valence-corrected chi connectivity index (χ1v) is 9.07. The van der Waals surface area contributed by atoms with Crippen molar-refractivity contribution in [2.45, 2.75) is 26.9 Å². The zero-order valence-corrected chi connectivity index (χ0v) is 16.5. The second-order valence-corrected chi connectivity index (χ2v) is 6.23. The number of amides is 2. The molecule has 2 rings (SSSR count). The molecule has 8 heteroatoms. The molecule has 154 valence electrons. The average Bonchev–Trinajstić information content (AvgIpc) is 2.69. The molecule has 0 aliphatic carbocycles. The van der Waals surface area contributed by atoms with Gasteiger partial charge in [-0.1, -0.05) is 6.07 Å². The van der Waals surface area contributed by atoms with E-state index in [1.165, 1.54) is 19.1 Å². The Kier molecular flexibility index (Phi) is 7.70. The summed E-state index contributed by atoms with van der Waals surface area (Å²) in [5.41, 5.74) is 1.06. The van der Waals surface area contributed by atoms with Crippen molar-refractivity contribution in [2.24, 2.45) is 0 Å². The van der Waals surface area contributed by atoms with E-state index in [0.717, 1.165) is 0 Å². The summed E-state index contributed by atoms with van der Waals surface area (Å²) in [6.07, 6.45) is -1.12. The van der Waals surface area contributed by atoms with Gasteiger partial charge in [-0.05, 0) is 62.7 Å². The molecule has 0 aromatic heterocycles. The van der Waals surface area contributed by atoms with Crippen molar-refractivity contribution in [1.82, 2.24) is 5.32 Å². The lowest BCUT2D eigenvalue weighted by Crippen LogP contribution is -2.35. The second kappa shape index (κ2) is 10.2. The molecule has 0 radical (unpaired) electrons. The summed E-state index contributed by atoms with van der Waals surface area (Å²) in [6, 6.07) is 10.7. The summed E-state index contributed by atoms with van der Waals surface area (Å²) in [7, 11) is 0. The number of benzene rings is 2. The highest BCUT2D eigenvalue weighted by molar-refractivity contribution is 5.97. The zero-order chi connectivity index (χ0) is 21.4. The third-order valence-electron chi connectivity index (χ3n) is 3.94. The summed E-state index contributed by atoms with van der Waals surface area (Å²) < 4.78 is 23.8. The Morgan fingerprint density at radius 1 is 1.10 bits per heavy atom. The van der Waals surface area contributed by atoms with E-state index in [1.54, 1.807) is 37.3 Å². The molecule has 0 aliphatic rings. The SMILES string of the molecule is CCOc1ccc(C(=O)NCC(=O)OC(C)C(=O)Nc2ccc(C)c(F)c2)cc1. The molecule has 0 saturated heterocycles. The first-order chi connectivity index (χ1) is 13.8. The van der Waals surface area contributed by atoms with Crippen LogP contribution < -0.4 is 15.4 Å². The second-order valence-electron chi connectivity index (χ2n) is 6.23. The molecule has 2 amide bonds. The van der Waals surface area contributed by atoms with Gasteiger partial charge in [0.15, 0.2) is 6.10 Å². The highest BCUT2D eigenvalue weighted by Crippen LogP contribution is 2.14. The molecule has 0 aliphatic heterocycles. The topological polar surface area (TPSA) is 93.7 Å². The van der Waals surface area contributed by atoms with Crippen LogP contribution in [-0.2, 0) is 14.3 Å². The predicted octanol–water partition coefficient (Wildman–Crippen LogP) is 2.83. The fraction of sp³-hybridized carbons (Fsp3) is 0.286. The largest absolute Gasteiger partial charge is 0.494 e. The van der Waals surface area contributed by atoms with E-state index in [0.29, 0.717) is 23.5 Å². The number of hydrogen-bond acceptors (Lipinski definition) is 5. The molecule has 7 nitrogen and oxygen atoms in total. The number of ether oxygens (including phenoxy) is 2. The number of hydrogen-bond donors (Lipinski definition) is 2. The van der Waals surface area contributed by atoms with Crippen LogP contribution in [0.3, 0.4) is 0 Å². The van der Waals surface area contributed by atoms with Gasteiger partial charge in [-0.3, -0.25) is 14.4 Å². The third-order valence-corrected chi connectivity index (χ3v) is 3.94. The van der Waals surface area contributed by atoms with Gasteiger partial charge in [-0.15, -0.1) is 0 Å². The molecule has 1 atom stereocenters. The third kappa shape index (κ3) is 6.60. The Balaban J connectivity index is 1.80. The normalized spacial score (nSPS) is 11.3. The minimum atomic E-state index is -1.12. The Morgan fingerprint density at radius 2 is 1.79 bits per heavy atom. The summed E-state index contributed by atoms with van der Waals surface area (Å²) in [6.45, 7) is 4.95. The fourth-order valence-electron chi connectivity index (χ4n) is 2.33. The number of nitrogens with one attached hydrogen (secondary N) is 2. The number of halogens is 1. The molecule has 1 unspecified atom stereocenters. The van der Waals surface area contributed by atoms with Crippen LogP contribution >= 0.6 is 0 Å². The van der Waals surface area contributed by atoms with Gasteiger partial charge in [-0.25, -0.2) is 4.39 Å². The molecule has 29 heavy (non-hydrogen) atoms. The standard InChI is InChI=1S/C21H23FN2O5/c1-4-28-17-9-6-15(7-10-17)21(27)23-12-19(25)29-14(3)20(26)24-16-8-5-13(2)18(22)11-16/h5-11,14H,4,12H2,1-3H3,(H,23,27)(H,24,26). The Labute approximate surface area is 168 Å². The number of aryl methyl sites for hydroxylation is 1. The number of anilines is 1. The monoisotopic (exact) mass is 402 g/mol. The van der Waals surface area contributed by atoms with Gasteiger partial charge in [0.05, 0.1) is 6.61 Å². The quantitative estimate of drug-likeness (QED) is 0.663. The van der Waals surface area contributed by atoms with Crippen LogP contribution in [0.1, 0.15) is 29.8 Å². The first kappa shape index (κ1) is 21.9. The number of carbonyl (C=O) groups is 3. The van der Waals surface area contributed by atoms with E-state index in [9.17, 15) is 18.8 Å². The van der Waals surface area contributed by atoms with Crippen molar-refractivity contribution in [3.8, 4) is 5.75 Å².